The molecular formula is C12H26N2O2. The third kappa shape index (κ3) is 2.56. The molecule has 4 heteroatoms. The summed E-state index contributed by atoms with van der Waals surface area (Å²) in [4.78, 5) is 4.69. The average Bonchev–Trinajstić information content (AvgIpc) is 2.33. The fraction of sp³-hybridized carbons (Fsp3) is 1.00. The van der Waals surface area contributed by atoms with Crippen LogP contribution in [0.5, 0.6) is 0 Å². The Balaban J connectivity index is 2.89. The zero-order valence-corrected chi connectivity index (χ0v) is 11.2. The smallest absolute Gasteiger partial charge is 0.203 e. The van der Waals surface area contributed by atoms with Crippen LogP contribution >= 0.6 is 0 Å². The normalized spacial score (nSPS) is 20.6. The summed E-state index contributed by atoms with van der Waals surface area (Å²) in [6.07, 6.45) is 0. The number of ether oxygens (including phenoxy) is 2. The van der Waals surface area contributed by atoms with Gasteiger partial charge < -0.3 is 9.47 Å². The molecule has 0 amide bonds. The van der Waals surface area contributed by atoms with Gasteiger partial charge in [-0.2, -0.15) is 0 Å². The number of hydrogen-bond donors (Lipinski definition) is 0. The standard InChI is InChI=1S/C12H26N2O2/c1-5-13(6-2)12(14(7-3)8-4)11-15-9-10-16-12/h5-11H2,1-4H3. The van der Waals surface area contributed by atoms with Gasteiger partial charge >= 0.3 is 0 Å². The molecule has 0 radical (unpaired) electrons. The van der Waals surface area contributed by atoms with Crippen molar-refractivity contribution in [2.24, 2.45) is 0 Å². The van der Waals surface area contributed by atoms with E-state index in [2.05, 4.69) is 37.5 Å². The molecule has 96 valence electrons. The molecule has 0 aliphatic carbocycles. The summed E-state index contributed by atoms with van der Waals surface area (Å²) < 4.78 is 11.7. The minimum atomic E-state index is -0.342. The van der Waals surface area contributed by atoms with Crippen molar-refractivity contribution >= 4 is 0 Å². The summed E-state index contributed by atoms with van der Waals surface area (Å²) in [5.41, 5.74) is 0. The second-order valence-electron chi connectivity index (χ2n) is 3.99. The minimum Gasteiger partial charge on any atom is -0.373 e. The molecule has 1 aliphatic rings. The molecule has 1 aliphatic heterocycles. The molecule has 16 heavy (non-hydrogen) atoms. The summed E-state index contributed by atoms with van der Waals surface area (Å²) >= 11 is 0. The third-order valence-corrected chi connectivity index (χ3v) is 3.37. The van der Waals surface area contributed by atoms with Crippen LogP contribution in [0.15, 0.2) is 0 Å². The number of hydrogen-bond acceptors (Lipinski definition) is 4. The maximum absolute atomic E-state index is 6.08. The van der Waals surface area contributed by atoms with Gasteiger partial charge in [-0.1, -0.05) is 27.7 Å². The Labute approximate surface area is 99.5 Å². The van der Waals surface area contributed by atoms with Crippen molar-refractivity contribution in [2.75, 3.05) is 46.0 Å². The Morgan fingerprint density at radius 2 is 1.38 bits per heavy atom. The lowest BCUT2D eigenvalue weighted by molar-refractivity contribution is -0.299. The van der Waals surface area contributed by atoms with E-state index in [9.17, 15) is 0 Å². The van der Waals surface area contributed by atoms with Gasteiger partial charge in [0, 0.05) is 0 Å². The first-order valence-electron chi connectivity index (χ1n) is 6.46. The van der Waals surface area contributed by atoms with Gasteiger partial charge in [-0.25, -0.2) is 0 Å². The highest BCUT2D eigenvalue weighted by Crippen LogP contribution is 2.25. The van der Waals surface area contributed by atoms with Crippen LogP contribution in [-0.4, -0.2) is 61.6 Å². The van der Waals surface area contributed by atoms with E-state index in [4.69, 9.17) is 9.47 Å². The van der Waals surface area contributed by atoms with E-state index < -0.39 is 0 Å². The van der Waals surface area contributed by atoms with Gasteiger partial charge in [0.2, 0.25) is 5.85 Å². The highest BCUT2D eigenvalue weighted by molar-refractivity contribution is 4.82. The Morgan fingerprint density at radius 3 is 1.69 bits per heavy atom. The van der Waals surface area contributed by atoms with Gasteiger partial charge in [0.25, 0.3) is 0 Å². The first-order chi connectivity index (χ1) is 7.75. The molecule has 0 aromatic rings. The lowest BCUT2D eigenvalue weighted by Gasteiger charge is -2.50. The SMILES string of the molecule is CCN(CC)C1(N(CC)CC)COCCO1. The summed E-state index contributed by atoms with van der Waals surface area (Å²) in [5.74, 6) is -0.342. The van der Waals surface area contributed by atoms with Crippen LogP contribution < -0.4 is 0 Å². The lowest BCUT2D eigenvalue weighted by atomic mass is 10.2. The van der Waals surface area contributed by atoms with Crippen molar-refractivity contribution in [2.45, 2.75) is 33.5 Å². The molecule has 0 aromatic carbocycles. The quantitative estimate of drug-likeness (QED) is 0.643. The van der Waals surface area contributed by atoms with Gasteiger partial charge in [-0.15, -0.1) is 0 Å². The van der Waals surface area contributed by atoms with Crippen molar-refractivity contribution in [3.63, 3.8) is 0 Å². The topological polar surface area (TPSA) is 24.9 Å². The maximum atomic E-state index is 6.08. The van der Waals surface area contributed by atoms with E-state index in [1.54, 1.807) is 0 Å². The van der Waals surface area contributed by atoms with Gasteiger partial charge in [0.05, 0.1) is 13.2 Å². The van der Waals surface area contributed by atoms with E-state index in [1.807, 2.05) is 0 Å². The summed E-state index contributed by atoms with van der Waals surface area (Å²) in [6, 6.07) is 0. The summed E-state index contributed by atoms with van der Waals surface area (Å²) in [5, 5.41) is 0. The maximum Gasteiger partial charge on any atom is 0.203 e. The van der Waals surface area contributed by atoms with Crippen molar-refractivity contribution in [3.05, 3.63) is 0 Å². The van der Waals surface area contributed by atoms with E-state index in [-0.39, 0.29) is 5.85 Å². The largest absolute Gasteiger partial charge is 0.373 e. The average molecular weight is 230 g/mol. The van der Waals surface area contributed by atoms with Crippen LogP contribution in [0.2, 0.25) is 0 Å². The molecule has 4 nitrogen and oxygen atoms in total. The Kier molecular flexibility index (Phi) is 5.69. The fourth-order valence-electron chi connectivity index (χ4n) is 2.51. The first-order valence-corrected chi connectivity index (χ1v) is 6.46. The van der Waals surface area contributed by atoms with Crippen molar-refractivity contribution in [3.8, 4) is 0 Å². The molecule has 1 heterocycles. The molecular weight excluding hydrogens is 204 g/mol. The van der Waals surface area contributed by atoms with Gasteiger partial charge in [-0.05, 0) is 26.2 Å². The van der Waals surface area contributed by atoms with Crippen LogP contribution in [0.3, 0.4) is 0 Å². The first kappa shape index (κ1) is 13.9. The van der Waals surface area contributed by atoms with Crippen molar-refractivity contribution < 1.29 is 9.47 Å². The van der Waals surface area contributed by atoms with E-state index in [0.717, 1.165) is 26.2 Å². The van der Waals surface area contributed by atoms with Gasteiger partial charge in [0.15, 0.2) is 0 Å². The molecule has 0 aromatic heterocycles. The molecule has 0 bridgehead atoms. The fourth-order valence-corrected chi connectivity index (χ4v) is 2.51. The van der Waals surface area contributed by atoms with Crippen LogP contribution in [0.4, 0.5) is 0 Å². The predicted molar refractivity (Wildman–Crippen MR) is 65.3 cm³/mol. The van der Waals surface area contributed by atoms with Crippen LogP contribution in [0, 0.1) is 0 Å². The Morgan fingerprint density at radius 1 is 0.875 bits per heavy atom. The number of rotatable bonds is 6. The molecule has 0 spiro atoms. The summed E-state index contributed by atoms with van der Waals surface area (Å²) in [6.45, 7) is 14.7. The molecule has 0 N–H and O–H groups in total. The zero-order chi connectivity index (χ0) is 12.0. The molecule has 1 rings (SSSR count). The molecule has 0 atom stereocenters. The Hall–Kier alpha value is -0.160. The highest BCUT2D eigenvalue weighted by atomic mass is 16.6. The minimum absolute atomic E-state index is 0.342. The van der Waals surface area contributed by atoms with Crippen molar-refractivity contribution in [1.82, 2.24) is 9.80 Å². The second kappa shape index (κ2) is 6.55. The molecule has 1 fully saturated rings. The highest BCUT2D eigenvalue weighted by Gasteiger charge is 2.43. The van der Waals surface area contributed by atoms with E-state index >= 15 is 0 Å². The summed E-state index contributed by atoms with van der Waals surface area (Å²) in [7, 11) is 0. The van der Waals surface area contributed by atoms with Crippen LogP contribution in [0.1, 0.15) is 27.7 Å². The molecule has 1 saturated heterocycles. The van der Waals surface area contributed by atoms with E-state index in [1.165, 1.54) is 0 Å². The monoisotopic (exact) mass is 230 g/mol. The van der Waals surface area contributed by atoms with Gasteiger partial charge in [0.1, 0.15) is 6.61 Å². The Bertz CT molecular complexity index is 171. The molecule has 0 saturated carbocycles. The number of likely N-dealkylation sites (N-methyl/N-ethyl adjacent to an activating group) is 2. The van der Waals surface area contributed by atoms with Crippen LogP contribution in [-0.2, 0) is 9.47 Å². The van der Waals surface area contributed by atoms with Crippen LogP contribution in [0.25, 0.3) is 0 Å². The van der Waals surface area contributed by atoms with Gasteiger partial charge in [-0.3, -0.25) is 9.80 Å². The van der Waals surface area contributed by atoms with Crippen molar-refractivity contribution in [1.29, 1.82) is 0 Å². The predicted octanol–water partition coefficient (Wildman–Crippen LogP) is 1.37. The van der Waals surface area contributed by atoms with E-state index in [0.29, 0.717) is 19.8 Å². The lowest BCUT2D eigenvalue weighted by Crippen LogP contribution is -2.66. The zero-order valence-electron chi connectivity index (χ0n) is 11.2. The third-order valence-electron chi connectivity index (χ3n) is 3.37. The second-order valence-corrected chi connectivity index (χ2v) is 3.99. The number of nitrogens with zero attached hydrogens (tertiary/aromatic N) is 2. The molecule has 0 unspecified atom stereocenters.